The van der Waals surface area contributed by atoms with Crippen molar-refractivity contribution in [1.29, 1.82) is 0 Å². The minimum atomic E-state index is -3.28. The predicted molar refractivity (Wildman–Crippen MR) is 72.3 cm³/mol. The number of aromatic nitrogens is 3. The molecule has 9 nitrogen and oxygen atoms in total. The Morgan fingerprint density at radius 3 is 2.90 bits per heavy atom. The summed E-state index contributed by atoms with van der Waals surface area (Å²) in [5.41, 5.74) is 5.38. The molecule has 0 bridgehead atoms. The summed E-state index contributed by atoms with van der Waals surface area (Å²) in [7, 11) is -3.28. The zero-order valence-corrected chi connectivity index (χ0v) is 12.0. The Balaban J connectivity index is 2.08. The maximum absolute atomic E-state index is 12.3. The van der Waals surface area contributed by atoms with E-state index in [9.17, 15) is 13.2 Å². The van der Waals surface area contributed by atoms with E-state index in [-0.39, 0.29) is 30.3 Å². The van der Waals surface area contributed by atoms with Crippen molar-refractivity contribution in [2.24, 2.45) is 0 Å². The number of hydrogen-bond acceptors (Lipinski definition) is 6. The minimum absolute atomic E-state index is 0.0103. The number of sulfonamides is 1. The summed E-state index contributed by atoms with van der Waals surface area (Å²) in [6.45, 7) is 0.768. The molecule has 112 valence electrons. The Morgan fingerprint density at radius 1 is 1.55 bits per heavy atom. The molecule has 20 heavy (non-hydrogen) atoms. The van der Waals surface area contributed by atoms with E-state index in [1.54, 1.807) is 4.90 Å². The van der Waals surface area contributed by atoms with Crippen molar-refractivity contribution in [3.8, 4) is 0 Å². The Bertz CT molecular complexity index is 584. The van der Waals surface area contributed by atoms with Crippen molar-refractivity contribution in [2.45, 2.75) is 25.3 Å². The van der Waals surface area contributed by atoms with Gasteiger partial charge in [-0.2, -0.15) is 4.98 Å². The molecule has 1 fully saturated rings. The number of piperidine rings is 1. The molecule has 1 aliphatic rings. The Labute approximate surface area is 117 Å². The molecule has 1 saturated heterocycles. The van der Waals surface area contributed by atoms with Gasteiger partial charge in [0.05, 0.1) is 6.26 Å². The van der Waals surface area contributed by atoms with Gasteiger partial charge in [0.25, 0.3) is 5.91 Å². The lowest BCUT2D eigenvalue weighted by Crippen LogP contribution is -2.49. The Kier molecular flexibility index (Phi) is 4.23. The number of nitrogens with one attached hydrogen (secondary N) is 2. The number of likely N-dealkylation sites (tertiary alicyclic amines) is 1. The molecule has 1 aliphatic heterocycles. The van der Waals surface area contributed by atoms with Gasteiger partial charge in [0.1, 0.15) is 0 Å². The van der Waals surface area contributed by atoms with Crippen LogP contribution >= 0.6 is 0 Å². The number of nitrogens with zero attached hydrogens (tertiary/aromatic N) is 3. The standard InChI is InChI=1S/C10H18N6O3S/c1-20(18,19)12-6-7-4-2-3-5-16(7)9(17)8-13-10(11)15-14-8/h7,12H,2-6H2,1H3,(H3,11,13,14,15). The first-order valence-electron chi connectivity index (χ1n) is 6.30. The lowest BCUT2D eigenvalue weighted by Gasteiger charge is -2.35. The normalized spacial score (nSPS) is 20.1. The zero-order valence-electron chi connectivity index (χ0n) is 11.2. The topological polar surface area (TPSA) is 134 Å². The van der Waals surface area contributed by atoms with Crippen LogP contribution in [0.25, 0.3) is 0 Å². The number of hydrogen-bond donors (Lipinski definition) is 3. The van der Waals surface area contributed by atoms with Gasteiger partial charge >= 0.3 is 0 Å². The molecule has 1 aromatic heterocycles. The fourth-order valence-corrected chi connectivity index (χ4v) is 2.73. The van der Waals surface area contributed by atoms with Crippen LogP contribution in [-0.4, -0.2) is 59.8 Å². The van der Waals surface area contributed by atoms with Gasteiger partial charge in [-0.05, 0) is 19.3 Å². The average Bonchev–Trinajstić information content (AvgIpc) is 2.82. The molecule has 0 spiro atoms. The van der Waals surface area contributed by atoms with Gasteiger partial charge in [0.15, 0.2) is 0 Å². The number of amides is 1. The van der Waals surface area contributed by atoms with Gasteiger partial charge in [-0.3, -0.25) is 9.89 Å². The van der Waals surface area contributed by atoms with E-state index in [0.717, 1.165) is 25.5 Å². The van der Waals surface area contributed by atoms with Gasteiger partial charge in [0.2, 0.25) is 21.8 Å². The number of anilines is 1. The summed E-state index contributed by atoms with van der Waals surface area (Å²) >= 11 is 0. The van der Waals surface area contributed by atoms with Crippen molar-refractivity contribution in [3.05, 3.63) is 5.82 Å². The fourth-order valence-electron chi connectivity index (χ4n) is 2.23. The van der Waals surface area contributed by atoms with E-state index < -0.39 is 10.0 Å². The van der Waals surface area contributed by atoms with E-state index in [1.165, 1.54) is 0 Å². The van der Waals surface area contributed by atoms with Crippen LogP contribution in [0.15, 0.2) is 0 Å². The SMILES string of the molecule is CS(=O)(=O)NCC1CCCCN1C(=O)c1nc(N)n[nH]1. The highest BCUT2D eigenvalue weighted by Gasteiger charge is 2.29. The first-order valence-corrected chi connectivity index (χ1v) is 8.19. The van der Waals surface area contributed by atoms with E-state index in [2.05, 4.69) is 19.9 Å². The molecule has 0 saturated carbocycles. The number of nitrogens with two attached hydrogens (primary N) is 1. The third kappa shape index (κ3) is 3.67. The zero-order chi connectivity index (χ0) is 14.8. The van der Waals surface area contributed by atoms with Crippen molar-refractivity contribution in [1.82, 2.24) is 24.8 Å². The molecule has 2 heterocycles. The maximum atomic E-state index is 12.3. The van der Waals surface area contributed by atoms with E-state index in [1.807, 2.05) is 0 Å². The summed E-state index contributed by atoms with van der Waals surface area (Å²) in [5.74, 6) is -0.223. The molecule has 10 heteroatoms. The van der Waals surface area contributed by atoms with Gasteiger partial charge < -0.3 is 10.6 Å². The highest BCUT2D eigenvalue weighted by atomic mass is 32.2. The molecule has 2 rings (SSSR count). The lowest BCUT2D eigenvalue weighted by atomic mass is 10.0. The van der Waals surface area contributed by atoms with Crippen molar-refractivity contribution in [2.75, 3.05) is 25.1 Å². The first kappa shape index (κ1) is 14.7. The van der Waals surface area contributed by atoms with Crippen LogP contribution in [0.3, 0.4) is 0 Å². The molecule has 1 amide bonds. The smallest absolute Gasteiger partial charge is 0.291 e. The second-order valence-electron chi connectivity index (χ2n) is 4.81. The van der Waals surface area contributed by atoms with Crippen LogP contribution in [0.2, 0.25) is 0 Å². The number of rotatable bonds is 4. The van der Waals surface area contributed by atoms with Crippen LogP contribution in [0.5, 0.6) is 0 Å². The fraction of sp³-hybridized carbons (Fsp3) is 0.700. The monoisotopic (exact) mass is 302 g/mol. The molecule has 1 aromatic rings. The summed E-state index contributed by atoms with van der Waals surface area (Å²) in [5, 5.41) is 6.10. The first-order chi connectivity index (χ1) is 9.37. The van der Waals surface area contributed by atoms with Gasteiger partial charge in [-0.25, -0.2) is 13.1 Å². The van der Waals surface area contributed by atoms with E-state index >= 15 is 0 Å². The van der Waals surface area contributed by atoms with Gasteiger partial charge in [-0.15, -0.1) is 5.10 Å². The number of carbonyl (C=O) groups is 1. The van der Waals surface area contributed by atoms with Crippen molar-refractivity contribution >= 4 is 21.9 Å². The molecule has 0 aliphatic carbocycles. The van der Waals surface area contributed by atoms with Gasteiger partial charge in [0, 0.05) is 19.1 Å². The predicted octanol–water partition coefficient (Wildman–Crippen LogP) is -1.07. The van der Waals surface area contributed by atoms with Crippen LogP contribution in [0.1, 0.15) is 29.9 Å². The largest absolute Gasteiger partial charge is 0.366 e. The lowest BCUT2D eigenvalue weighted by molar-refractivity contribution is 0.0606. The molecule has 0 aromatic carbocycles. The number of carbonyl (C=O) groups excluding carboxylic acids is 1. The summed E-state index contributed by atoms with van der Waals surface area (Å²) in [6.07, 6.45) is 3.68. The number of aromatic amines is 1. The number of nitrogen functional groups attached to an aromatic ring is 1. The molecule has 1 atom stereocenters. The number of H-pyrrole nitrogens is 1. The molecule has 4 N–H and O–H groups in total. The third-order valence-electron chi connectivity index (χ3n) is 3.17. The third-order valence-corrected chi connectivity index (χ3v) is 3.87. The highest BCUT2D eigenvalue weighted by molar-refractivity contribution is 7.88. The summed E-state index contributed by atoms with van der Waals surface area (Å²) in [4.78, 5) is 17.7. The molecular weight excluding hydrogens is 284 g/mol. The van der Waals surface area contributed by atoms with Crippen molar-refractivity contribution in [3.63, 3.8) is 0 Å². The Morgan fingerprint density at radius 2 is 2.30 bits per heavy atom. The summed E-state index contributed by atoms with van der Waals surface area (Å²) < 4.78 is 24.8. The average molecular weight is 302 g/mol. The van der Waals surface area contributed by atoms with Crippen LogP contribution in [-0.2, 0) is 10.0 Å². The highest BCUT2D eigenvalue weighted by Crippen LogP contribution is 2.18. The maximum Gasteiger partial charge on any atom is 0.291 e. The van der Waals surface area contributed by atoms with E-state index in [4.69, 9.17) is 5.73 Å². The quantitative estimate of drug-likeness (QED) is 0.648. The van der Waals surface area contributed by atoms with Crippen LogP contribution < -0.4 is 10.5 Å². The Hall–Kier alpha value is -1.68. The minimum Gasteiger partial charge on any atom is -0.366 e. The summed E-state index contributed by atoms with van der Waals surface area (Å²) in [6, 6.07) is -0.183. The van der Waals surface area contributed by atoms with Crippen molar-refractivity contribution < 1.29 is 13.2 Å². The second kappa shape index (κ2) is 5.75. The van der Waals surface area contributed by atoms with Crippen LogP contribution in [0.4, 0.5) is 5.95 Å². The molecule has 1 unspecified atom stereocenters. The second-order valence-corrected chi connectivity index (χ2v) is 6.64. The molecule has 0 radical (unpaired) electrons. The molecular formula is C10H18N6O3S. The van der Waals surface area contributed by atoms with E-state index in [0.29, 0.717) is 6.54 Å². The van der Waals surface area contributed by atoms with Gasteiger partial charge in [-0.1, -0.05) is 0 Å². The van der Waals surface area contributed by atoms with Crippen LogP contribution in [0, 0.1) is 0 Å².